The Hall–Kier alpha value is -0.740. The van der Waals surface area contributed by atoms with Gasteiger partial charge in [0.2, 0.25) is 0 Å². The van der Waals surface area contributed by atoms with E-state index < -0.39 is 0 Å². The van der Waals surface area contributed by atoms with Gasteiger partial charge in [0.05, 0.1) is 11.6 Å². The topological polar surface area (TPSA) is 20.5 Å². The normalized spacial score (nSPS) is 27.1. The van der Waals surface area contributed by atoms with Crippen LogP contribution in [-0.2, 0) is 5.88 Å². The Kier molecular flexibility index (Phi) is 2.96. The maximum Gasteiger partial charge on any atom is 0.195 e. The van der Waals surface area contributed by atoms with Crippen LogP contribution >= 0.6 is 22.9 Å². The van der Waals surface area contributed by atoms with Gasteiger partial charge in [-0.25, -0.2) is 4.98 Å². The van der Waals surface area contributed by atoms with Crippen molar-refractivity contribution in [3.05, 3.63) is 17.3 Å². The molecule has 2 aromatic heterocycles. The van der Waals surface area contributed by atoms with Gasteiger partial charge in [0.25, 0.3) is 0 Å². The number of hydrogen-bond acceptors (Lipinski definition) is 3. The standard InChI is InChI=1S/C14H18ClN3S/c15-9-12-13(16-14-18(12)7-8-19-14)17-6-5-10-3-1-2-4-11(10)17/h7-8,10-11H,1-6,9H2. The average Bonchev–Trinajstić information content (AvgIpc) is 3.11. The largest absolute Gasteiger partial charge is 0.352 e. The second-order valence-electron chi connectivity index (χ2n) is 5.67. The Bertz CT molecular complexity index is 591. The van der Waals surface area contributed by atoms with Crippen LogP contribution in [0.3, 0.4) is 0 Å². The summed E-state index contributed by atoms with van der Waals surface area (Å²) in [6, 6.07) is 0.709. The van der Waals surface area contributed by atoms with Crippen molar-refractivity contribution in [2.45, 2.75) is 44.0 Å². The summed E-state index contributed by atoms with van der Waals surface area (Å²) in [4.78, 5) is 8.46. The Labute approximate surface area is 122 Å². The lowest BCUT2D eigenvalue weighted by atomic mass is 9.85. The number of hydrogen-bond donors (Lipinski definition) is 0. The van der Waals surface area contributed by atoms with Crippen LogP contribution in [0.15, 0.2) is 11.6 Å². The van der Waals surface area contributed by atoms with Crippen LogP contribution in [0.1, 0.15) is 37.8 Å². The third-order valence-electron chi connectivity index (χ3n) is 4.75. The fourth-order valence-corrected chi connectivity index (χ4v) is 4.82. The number of aromatic nitrogens is 2. The first kappa shape index (κ1) is 12.0. The third-order valence-corrected chi connectivity index (χ3v) is 5.76. The molecule has 1 saturated heterocycles. The molecule has 1 aliphatic carbocycles. The molecule has 0 spiro atoms. The number of alkyl halides is 1. The number of fused-ring (bicyclic) bond motifs is 2. The minimum atomic E-state index is 0.543. The average molecular weight is 296 g/mol. The molecule has 2 unspecified atom stereocenters. The van der Waals surface area contributed by atoms with Crippen molar-refractivity contribution < 1.29 is 0 Å². The molecule has 3 nitrogen and oxygen atoms in total. The first-order chi connectivity index (χ1) is 9.38. The number of rotatable bonds is 2. The molecule has 0 bridgehead atoms. The minimum absolute atomic E-state index is 0.543. The molecule has 5 heteroatoms. The monoisotopic (exact) mass is 295 g/mol. The fraction of sp³-hybridized carbons (Fsp3) is 0.643. The molecule has 0 amide bonds. The molecule has 0 radical (unpaired) electrons. The molecule has 1 aliphatic heterocycles. The predicted molar refractivity (Wildman–Crippen MR) is 80.3 cm³/mol. The molecule has 3 heterocycles. The van der Waals surface area contributed by atoms with Crippen LogP contribution in [-0.4, -0.2) is 22.0 Å². The van der Waals surface area contributed by atoms with Crippen LogP contribution in [0.25, 0.3) is 4.96 Å². The molecule has 4 rings (SSSR count). The quantitative estimate of drug-likeness (QED) is 0.783. The van der Waals surface area contributed by atoms with Gasteiger partial charge in [0.1, 0.15) is 0 Å². The van der Waals surface area contributed by atoms with E-state index in [2.05, 4.69) is 20.9 Å². The van der Waals surface area contributed by atoms with Crippen molar-refractivity contribution in [3.8, 4) is 0 Å². The van der Waals surface area contributed by atoms with Crippen molar-refractivity contribution in [1.82, 2.24) is 9.38 Å². The molecule has 19 heavy (non-hydrogen) atoms. The summed E-state index contributed by atoms with van der Waals surface area (Å²) in [6.45, 7) is 1.16. The summed E-state index contributed by atoms with van der Waals surface area (Å²) < 4.78 is 2.16. The zero-order valence-electron chi connectivity index (χ0n) is 10.9. The van der Waals surface area contributed by atoms with E-state index >= 15 is 0 Å². The zero-order chi connectivity index (χ0) is 12.8. The van der Waals surface area contributed by atoms with Gasteiger partial charge < -0.3 is 4.90 Å². The smallest absolute Gasteiger partial charge is 0.195 e. The summed E-state index contributed by atoms with van der Waals surface area (Å²) in [5, 5.41) is 2.08. The van der Waals surface area contributed by atoms with Gasteiger partial charge in [-0.2, -0.15) is 0 Å². The lowest BCUT2D eigenvalue weighted by Crippen LogP contribution is -2.35. The first-order valence-corrected chi connectivity index (χ1v) is 8.57. The van der Waals surface area contributed by atoms with Crippen molar-refractivity contribution in [1.29, 1.82) is 0 Å². The highest BCUT2D eigenvalue weighted by molar-refractivity contribution is 7.15. The second kappa shape index (κ2) is 4.67. The maximum absolute atomic E-state index is 6.18. The summed E-state index contributed by atoms with van der Waals surface area (Å²) in [7, 11) is 0. The van der Waals surface area contributed by atoms with E-state index in [0.29, 0.717) is 11.9 Å². The highest BCUT2D eigenvalue weighted by Crippen LogP contribution is 2.40. The summed E-state index contributed by atoms with van der Waals surface area (Å²) in [5.41, 5.74) is 1.17. The molecule has 102 valence electrons. The van der Waals surface area contributed by atoms with E-state index in [1.165, 1.54) is 37.8 Å². The van der Waals surface area contributed by atoms with Crippen molar-refractivity contribution in [2.24, 2.45) is 5.92 Å². The lowest BCUT2D eigenvalue weighted by molar-refractivity contribution is 0.341. The van der Waals surface area contributed by atoms with Crippen LogP contribution in [0, 0.1) is 5.92 Å². The van der Waals surface area contributed by atoms with Gasteiger partial charge in [-0.05, 0) is 25.2 Å². The fourth-order valence-electron chi connectivity index (χ4n) is 3.84. The molecular formula is C14H18ClN3S. The molecule has 0 N–H and O–H groups in total. The van der Waals surface area contributed by atoms with Gasteiger partial charge in [0, 0.05) is 24.2 Å². The van der Waals surface area contributed by atoms with Gasteiger partial charge in [-0.15, -0.1) is 22.9 Å². The summed E-state index contributed by atoms with van der Waals surface area (Å²) in [5.74, 6) is 2.58. The van der Waals surface area contributed by atoms with Crippen LogP contribution in [0.5, 0.6) is 0 Å². The number of anilines is 1. The number of thiazole rings is 1. The van der Waals surface area contributed by atoms with E-state index in [0.717, 1.165) is 23.2 Å². The van der Waals surface area contributed by atoms with Crippen LogP contribution in [0.4, 0.5) is 5.82 Å². The van der Waals surface area contributed by atoms with E-state index in [-0.39, 0.29) is 0 Å². The third kappa shape index (κ3) is 1.80. The minimum Gasteiger partial charge on any atom is -0.352 e. The highest BCUT2D eigenvalue weighted by atomic mass is 35.5. The second-order valence-corrected chi connectivity index (χ2v) is 6.81. The lowest BCUT2D eigenvalue weighted by Gasteiger charge is -2.32. The first-order valence-electron chi connectivity index (χ1n) is 7.15. The highest BCUT2D eigenvalue weighted by Gasteiger charge is 2.37. The van der Waals surface area contributed by atoms with Gasteiger partial charge in [-0.3, -0.25) is 4.40 Å². The summed E-state index contributed by atoms with van der Waals surface area (Å²) >= 11 is 7.87. The van der Waals surface area contributed by atoms with E-state index in [1.54, 1.807) is 11.3 Å². The SMILES string of the molecule is ClCc1c(N2CCC3CCCCC32)nc2sccn12. The number of halogens is 1. The van der Waals surface area contributed by atoms with Gasteiger partial charge in [0.15, 0.2) is 10.8 Å². The molecule has 0 aromatic carbocycles. The Morgan fingerprint density at radius 3 is 3.11 bits per heavy atom. The molecule has 2 aromatic rings. The van der Waals surface area contributed by atoms with Crippen molar-refractivity contribution in [3.63, 3.8) is 0 Å². The van der Waals surface area contributed by atoms with Crippen LogP contribution in [0.2, 0.25) is 0 Å². The van der Waals surface area contributed by atoms with E-state index in [4.69, 9.17) is 16.6 Å². The Morgan fingerprint density at radius 1 is 1.32 bits per heavy atom. The van der Waals surface area contributed by atoms with E-state index in [9.17, 15) is 0 Å². The van der Waals surface area contributed by atoms with Crippen molar-refractivity contribution >= 4 is 33.7 Å². The molecule has 2 aliphatic rings. The molecule has 1 saturated carbocycles. The zero-order valence-corrected chi connectivity index (χ0v) is 12.5. The van der Waals surface area contributed by atoms with Gasteiger partial charge >= 0.3 is 0 Å². The number of nitrogens with zero attached hydrogens (tertiary/aromatic N) is 3. The van der Waals surface area contributed by atoms with Crippen LogP contribution < -0.4 is 4.90 Å². The van der Waals surface area contributed by atoms with E-state index in [1.807, 2.05) is 0 Å². The van der Waals surface area contributed by atoms with Crippen molar-refractivity contribution in [2.75, 3.05) is 11.4 Å². The number of imidazole rings is 1. The van der Waals surface area contributed by atoms with Gasteiger partial charge in [-0.1, -0.05) is 12.8 Å². The predicted octanol–water partition coefficient (Wildman–Crippen LogP) is 3.90. The molecule has 2 atom stereocenters. The maximum atomic E-state index is 6.18. The summed E-state index contributed by atoms with van der Waals surface area (Å²) in [6.07, 6.45) is 8.93. The Balaban J connectivity index is 1.75. The molecule has 2 fully saturated rings. The Morgan fingerprint density at radius 2 is 2.21 bits per heavy atom. The molecular weight excluding hydrogens is 278 g/mol.